The van der Waals surface area contributed by atoms with Crippen LogP contribution in [0.15, 0.2) is 42.5 Å². The molecule has 0 aromatic heterocycles. The minimum Gasteiger partial charge on any atom is -0.340 e. The van der Waals surface area contributed by atoms with Crippen molar-refractivity contribution in [3.8, 4) is 0 Å². The van der Waals surface area contributed by atoms with Gasteiger partial charge in [0.15, 0.2) is 0 Å². The molecule has 0 radical (unpaired) electrons. The number of halogens is 2. The average molecular weight is 427 g/mol. The molecule has 2 aromatic carbocycles. The smallest absolute Gasteiger partial charge is 0.254 e. The standard InChI is InChI=1S/C16H12ClIN2O2/c17-12-3-1-2-11-14(12)20-16(22)13(19-15(11)21)8-9-4-6-10(18)7-5-9/h1-7,13H,8H2,(H,19,21)(H,20,22)/t13-/m1/s1. The van der Waals surface area contributed by atoms with Crippen molar-refractivity contribution in [2.75, 3.05) is 5.32 Å². The van der Waals surface area contributed by atoms with Crippen LogP contribution in [-0.4, -0.2) is 17.9 Å². The number of amides is 2. The fourth-order valence-corrected chi connectivity index (χ4v) is 2.93. The quantitative estimate of drug-likeness (QED) is 0.725. The van der Waals surface area contributed by atoms with E-state index in [-0.39, 0.29) is 11.8 Å². The molecule has 0 aliphatic carbocycles. The minimum absolute atomic E-state index is 0.265. The third-order valence-corrected chi connectivity index (χ3v) is 4.52. The van der Waals surface area contributed by atoms with Gasteiger partial charge < -0.3 is 10.6 Å². The highest BCUT2D eigenvalue weighted by molar-refractivity contribution is 14.1. The average Bonchev–Trinajstić information content (AvgIpc) is 2.61. The molecule has 2 amide bonds. The van der Waals surface area contributed by atoms with E-state index in [0.717, 1.165) is 9.13 Å². The molecule has 6 heteroatoms. The summed E-state index contributed by atoms with van der Waals surface area (Å²) in [7, 11) is 0. The zero-order valence-corrected chi connectivity index (χ0v) is 14.3. The number of benzene rings is 2. The van der Waals surface area contributed by atoms with E-state index in [1.54, 1.807) is 18.2 Å². The molecule has 0 saturated heterocycles. The van der Waals surface area contributed by atoms with Gasteiger partial charge in [0, 0.05) is 9.99 Å². The van der Waals surface area contributed by atoms with Crippen LogP contribution in [0.5, 0.6) is 0 Å². The molecule has 112 valence electrons. The van der Waals surface area contributed by atoms with Gasteiger partial charge in [0.25, 0.3) is 5.91 Å². The number of hydrogen-bond acceptors (Lipinski definition) is 2. The number of nitrogens with one attached hydrogen (secondary N) is 2. The molecule has 1 atom stereocenters. The predicted molar refractivity (Wildman–Crippen MR) is 94.2 cm³/mol. The Bertz CT molecular complexity index is 746. The van der Waals surface area contributed by atoms with Crippen molar-refractivity contribution >= 4 is 51.7 Å². The van der Waals surface area contributed by atoms with Crippen molar-refractivity contribution in [2.24, 2.45) is 0 Å². The van der Waals surface area contributed by atoms with Gasteiger partial charge in [0.05, 0.1) is 16.3 Å². The Labute approximate surface area is 146 Å². The van der Waals surface area contributed by atoms with E-state index in [4.69, 9.17) is 11.6 Å². The summed E-state index contributed by atoms with van der Waals surface area (Å²) in [4.78, 5) is 24.7. The highest BCUT2D eigenvalue weighted by Crippen LogP contribution is 2.28. The summed E-state index contributed by atoms with van der Waals surface area (Å²) in [6, 6.07) is 12.2. The maximum Gasteiger partial charge on any atom is 0.254 e. The van der Waals surface area contributed by atoms with Gasteiger partial charge in [-0.1, -0.05) is 29.8 Å². The molecule has 1 aliphatic rings. The lowest BCUT2D eigenvalue weighted by Gasteiger charge is -2.14. The Hall–Kier alpha value is -1.60. The van der Waals surface area contributed by atoms with E-state index in [2.05, 4.69) is 33.2 Å². The monoisotopic (exact) mass is 426 g/mol. The molecule has 3 rings (SSSR count). The maximum absolute atomic E-state index is 12.4. The number of carbonyl (C=O) groups is 2. The first-order valence-electron chi connectivity index (χ1n) is 6.69. The zero-order valence-electron chi connectivity index (χ0n) is 11.4. The lowest BCUT2D eigenvalue weighted by atomic mass is 10.1. The molecular formula is C16H12ClIN2O2. The van der Waals surface area contributed by atoms with E-state index < -0.39 is 6.04 Å². The first-order valence-corrected chi connectivity index (χ1v) is 8.15. The van der Waals surface area contributed by atoms with Crippen LogP contribution in [0, 0.1) is 3.57 Å². The predicted octanol–water partition coefficient (Wildman–Crippen LogP) is 3.24. The molecule has 0 unspecified atom stereocenters. The molecule has 2 aromatic rings. The number of para-hydroxylation sites is 1. The van der Waals surface area contributed by atoms with Crippen molar-refractivity contribution in [2.45, 2.75) is 12.5 Å². The van der Waals surface area contributed by atoms with Crippen LogP contribution < -0.4 is 10.6 Å². The van der Waals surface area contributed by atoms with Crippen molar-refractivity contribution < 1.29 is 9.59 Å². The lowest BCUT2D eigenvalue weighted by Crippen LogP contribution is -2.42. The third-order valence-electron chi connectivity index (χ3n) is 3.48. The molecule has 22 heavy (non-hydrogen) atoms. The number of anilines is 1. The first kappa shape index (κ1) is 15.3. The highest BCUT2D eigenvalue weighted by Gasteiger charge is 2.28. The van der Waals surface area contributed by atoms with Crippen LogP contribution in [0.1, 0.15) is 15.9 Å². The largest absolute Gasteiger partial charge is 0.340 e. The summed E-state index contributed by atoms with van der Waals surface area (Å²) in [6.07, 6.45) is 0.431. The van der Waals surface area contributed by atoms with Crippen molar-refractivity contribution in [3.63, 3.8) is 0 Å². The molecule has 0 fully saturated rings. The van der Waals surface area contributed by atoms with Crippen molar-refractivity contribution in [1.82, 2.24) is 5.32 Å². The summed E-state index contributed by atoms with van der Waals surface area (Å²) in [5, 5.41) is 5.87. The number of rotatable bonds is 2. The highest BCUT2D eigenvalue weighted by atomic mass is 127. The second-order valence-electron chi connectivity index (χ2n) is 5.01. The van der Waals surface area contributed by atoms with E-state index >= 15 is 0 Å². The normalized spacial score (nSPS) is 17.3. The van der Waals surface area contributed by atoms with Gasteiger partial charge in [-0.25, -0.2) is 0 Å². The molecule has 1 aliphatic heterocycles. The second-order valence-corrected chi connectivity index (χ2v) is 6.66. The minimum atomic E-state index is -0.629. The zero-order chi connectivity index (χ0) is 15.7. The van der Waals surface area contributed by atoms with E-state index in [9.17, 15) is 9.59 Å². The second kappa shape index (κ2) is 6.26. The van der Waals surface area contributed by atoms with Crippen LogP contribution in [0.2, 0.25) is 5.02 Å². The van der Waals surface area contributed by atoms with Gasteiger partial charge >= 0.3 is 0 Å². The molecular weight excluding hydrogens is 415 g/mol. The van der Waals surface area contributed by atoms with Gasteiger partial charge in [0.2, 0.25) is 5.91 Å². The molecule has 0 spiro atoms. The van der Waals surface area contributed by atoms with E-state index in [0.29, 0.717) is 22.7 Å². The van der Waals surface area contributed by atoms with Crippen LogP contribution in [0.3, 0.4) is 0 Å². The molecule has 0 bridgehead atoms. The molecule has 0 saturated carbocycles. The number of hydrogen-bond donors (Lipinski definition) is 2. The summed E-state index contributed by atoms with van der Waals surface area (Å²) < 4.78 is 1.12. The fourth-order valence-electron chi connectivity index (χ4n) is 2.35. The summed E-state index contributed by atoms with van der Waals surface area (Å²) in [5.74, 6) is -0.565. The molecule has 1 heterocycles. The Kier molecular flexibility index (Phi) is 4.35. The maximum atomic E-state index is 12.4. The molecule has 4 nitrogen and oxygen atoms in total. The van der Waals surface area contributed by atoms with Crippen molar-refractivity contribution in [3.05, 3.63) is 62.2 Å². The summed E-state index contributed by atoms with van der Waals surface area (Å²) in [5.41, 5.74) is 1.74. The fraction of sp³-hybridized carbons (Fsp3) is 0.125. The Morgan fingerprint density at radius 1 is 1.09 bits per heavy atom. The lowest BCUT2D eigenvalue weighted by molar-refractivity contribution is -0.117. The van der Waals surface area contributed by atoms with Gasteiger partial charge in [0.1, 0.15) is 6.04 Å². The molecule has 2 N–H and O–H groups in total. The van der Waals surface area contributed by atoms with Gasteiger partial charge in [-0.2, -0.15) is 0 Å². The Morgan fingerprint density at radius 3 is 2.55 bits per heavy atom. The van der Waals surface area contributed by atoms with E-state index in [1.807, 2.05) is 24.3 Å². The first-order chi connectivity index (χ1) is 10.5. The number of fused-ring (bicyclic) bond motifs is 1. The summed E-state index contributed by atoms with van der Waals surface area (Å²) in [6.45, 7) is 0. The van der Waals surface area contributed by atoms with Gasteiger partial charge in [-0.15, -0.1) is 0 Å². The number of carbonyl (C=O) groups excluding carboxylic acids is 2. The topological polar surface area (TPSA) is 58.2 Å². The van der Waals surface area contributed by atoms with Crippen LogP contribution in [0.25, 0.3) is 0 Å². The summed E-state index contributed by atoms with van der Waals surface area (Å²) >= 11 is 8.30. The SMILES string of the molecule is O=C1N[C@H](Cc2ccc(I)cc2)C(=O)Nc2c(Cl)cccc21. The Balaban J connectivity index is 1.87. The van der Waals surface area contributed by atoms with Crippen LogP contribution >= 0.6 is 34.2 Å². The van der Waals surface area contributed by atoms with Crippen LogP contribution in [0.4, 0.5) is 5.69 Å². The van der Waals surface area contributed by atoms with E-state index in [1.165, 1.54) is 0 Å². The van der Waals surface area contributed by atoms with Crippen molar-refractivity contribution in [1.29, 1.82) is 0 Å². The van der Waals surface area contributed by atoms with Gasteiger partial charge in [-0.05, 0) is 52.4 Å². The third kappa shape index (κ3) is 3.10. The van der Waals surface area contributed by atoms with Crippen LogP contribution in [-0.2, 0) is 11.2 Å². The van der Waals surface area contributed by atoms with Gasteiger partial charge in [-0.3, -0.25) is 9.59 Å². The Morgan fingerprint density at radius 2 is 1.82 bits per heavy atom.